The molecule has 0 N–H and O–H groups in total. The van der Waals surface area contributed by atoms with Gasteiger partial charge < -0.3 is 0 Å². The van der Waals surface area contributed by atoms with Crippen LogP contribution in [0, 0.1) is 9.38 Å². The van der Waals surface area contributed by atoms with E-state index in [2.05, 4.69) is 0 Å². The Kier molecular flexibility index (Phi) is 20.7. The third-order valence-electron chi connectivity index (χ3n) is 0. The Bertz CT molecular complexity index is 29.5. The second-order valence-electron chi connectivity index (χ2n) is 0.0913. The van der Waals surface area contributed by atoms with Crippen molar-refractivity contribution in [1.29, 1.82) is 5.26 Å². The molecule has 0 aromatic heterocycles. The van der Waals surface area contributed by atoms with Crippen LogP contribution in [0.3, 0.4) is 0 Å². The third-order valence-corrected chi connectivity index (χ3v) is 0. The fourth-order valence-electron chi connectivity index (χ4n) is 0. The molecule has 0 unspecified atom stereocenters. The Balaban J connectivity index is 0. The molecule has 0 atom stereocenters. The summed E-state index contributed by atoms with van der Waals surface area (Å²) in [5.74, 6) is 0. The fraction of sp³-hybridized carbons (Fsp3) is 0. The van der Waals surface area contributed by atoms with E-state index in [0.29, 0.717) is 0 Å². The summed E-state index contributed by atoms with van der Waals surface area (Å²) in [6.45, 7) is 0. The summed E-state index contributed by atoms with van der Waals surface area (Å²) in [4.78, 5) is 0. The van der Waals surface area contributed by atoms with E-state index in [0.717, 1.165) is 0 Å². The van der Waals surface area contributed by atoms with Gasteiger partial charge in [0.2, 0.25) is 0 Å². The van der Waals surface area contributed by atoms with Crippen molar-refractivity contribution in [3.05, 3.63) is 0 Å². The van der Waals surface area contributed by atoms with E-state index in [1.54, 1.807) is 4.12 Å². The Morgan fingerprint density at radius 2 is 1.75 bits per heavy atom. The molecule has 0 aliphatic heterocycles. The van der Waals surface area contributed by atoms with Crippen molar-refractivity contribution in [2.24, 2.45) is 0 Å². The minimum absolute atomic E-state index is 0. The van der Waals surface area contributed by atoms with E-state index >= 15 is 0 Å². The van der Waals surface area contributed by atoms with Gasteiger partial charge in [-0.25, -0.2) is 0 Å². The van der Waals surface area contributed by atoms with Gasteiger partial charge in [-0.3, -0.25) is 0 Å². The van der Waals surface area contributed by atoms with Gasteiger partial charge in [-0.2, -0.15) is 0 Å². The minimum Gasteiger partial charge on any atom is 1.00 e. The summed E-state index contributed by atoms with van der Waals surface area (Å²) in [5.41, 5.74) is 0. The summed E-state index contributed by atoms with van der Waals surface area (Å²) in [6, 6.07) is 0. The maximum atomic E-state index is 7.32. The standard InChI is InChI=1S/CHNTe.K/c2-1-3;/h3H;/q;+1/p-1. The van der Waals surface area contributed by atoms with E-state index in [9.17, 15) is 0 Å². The SMILES string of the molecule is N#C[Te-].[K+]. The van der Waals surface area contributed by atoms with Gasteiger partial charge in [-0.15, -0.1) is 0 Å². The zero-order valence-electron chi connectivity index (χ0n) is 2.36. The van der Waals surface area contributed by atoms with Gasteiger partial charge in [0, 0.05) is 0 Å². The molecule has 3 heteroatoms. The van der Waals surface area contributed by atoms with E-state index in [1.807, 2.05) is 0 Å². The second-order valence-corrected chi connectivity index (χ2v) is 0.612. The molecule has 0 aromatic rings. The van der Waals surface area contributed by atoms with Gasteiger partial charge >= 0.3 is 83.1 Å². The van der Waals surface area contributed by atoms with Crippen molar-refractivity contribution in [2.75, 3.05) is 0 Å². The van der Waals surface area contributed by atoms with Crippen LogP contribution in [0.25, 0.3) is 0 Å². The molecule has 0 saturated carbocycles. The maximum absolute atomic E-state index is 7.32. The van der Waals surface area contributed by atoms with Crippen molar-refractivity contribution < 1.29 is 51.4 Å². The van der Waals surface area contributed by atoms with Crippen LogP contribution in [0.2, 0.25) is 0 Å². The largest absolute Gasteiger partial charge is 1.00 e. The smallest absolute Gasteiger partial charge is 1.00 e. The number of nitrogens with zero attached hydrogens (tertiary/aromatic N) is 1. The molecule has 0 saturated heterocycles. The molecule has 0 aliphatic rings. The molecule has 0 rings (SSSR count). The minimum atomic E-state index is 0. The monoisotopic (exact) mass is 195 g/mol. The molecule has 0 bridgehead atoms. The van der Waals surface area contributed by atoms with E-state index in [4.69, 9.17) is 5.26 Å². The first-order chi connectivity index (χ1) is 1.41. The Morgan fingerprint density at radius 1 is 1.75 bits per heavy atom. The number of hydrogen-bond acceptors (Lipinski definition) is 1. The molecule has 0 aliphatic carbocycles. The Hall–Kier alpha value is 1.92. The van der Waals surface area contributed by atoms with Crippen molar-refractivity contribution in [3.8, 4) is 4.12 Å². The maximum Gasteiger partial charge on any atom is 1.00 e. The molecule has 0 fully saturated rings. The first-order valence-corrected chi connectivity index (χ1v) is 1.59. The van der Waals surface area contributed by atoms with Crippen molar-refractivity contribution in [3.63, 3.8) is 0 Å². The second kappa shape index (κ2) is 8.87. The van der Waals surface area contributed by atoms with Crippen molar-refractivity contribution in [1.82, 2.24) is 0 Å². The van der Waals surface area contributed by atoms with Crippen molar-refractivity contribution in [2.45, 2.75) is 0 Å². The molecular weight excluding hydrogens is 193 g/mol. The summed E-state index contributed by atoms with van der Waals surface area (Å²) < 4.78 is 1.76. The zero-order valence-corrected chi connectivity index (χ0v) is 7.81. The van der Waals surface area contributed by atoms with Gasteiger partial charge in [0.1, 0.15) is 0 Å². The number of rotatable bonds is 0. The van der Waals surface area contributed by atoms with Crippen LogP contribution >= 0.6 is 0 Å². The Labute approximate surface area is 81.1 Å². The van der Waals surface area contributed by atoms with Gasteiger partial charge in [0.15, 0.2) is 0 Å². The predicted molar refractivity (Wildman–Crippen MR) is 11.4 cm³/mol. The first-order valence-electron chi connectivity index (χ1n) is 0.428. The molecule has 4 heavy (non-hydrogen) atoms. The molecule has 0 spiro atoms. The summed E-state index contributed by atoms with van der Waals surface area (Å²) in [5, 5.41) is 7.32. The van der Waals surface area contributed by atoms with E-state index in [1.165, 1.54) is 22.3 Å². The van der Waals surface area contributed by atoms with Gasteiger partial charge in [-0.1, -0.05) is 0 Å². The molecule has 16 valence electrons. The summed E-state index contributed by atoms with van der Waals surface area (Å²) in [6.07, 6.45) is 0. The molecule has 0 heterocycles. The molecule has 0 aromatic carbocycles. The van der Waals surface area contributed by atoms with Crippen LogP contribution < -0.4 is 51.4 Å². The topological polar surface area (TPSA) is 23.8 Å². The number of nitriles is 1. The van der Waals surface area contributed by atoms with Crippen LogP contribution in [-0.2, 0) is 0 Å². The van der Waals surface area contributed by atoms with Gasteiger partial charge in [0.25, 0.3) is 0 Å². The van der Waals surface area contributed by atoms with Crippen LogP contribution in [0.15, 0.2) is 0 Å². The molecule has 0 radical (unpaired) electrons. The predicted octanol–water partition coefficient (Wildman–Crippen LogP) is -3.36. The molecule has 0 amide bonds. The van der Waals surface area contributed by atoms with Crippen LogP contribution in [0.4, 0.5) is 0 Å². The fourth-order valence-corrected chi connectivity index (χ4v) is 0. The number of hydrogen-bond donors (Lipinski definition) is 0. The van der Waals surface area contributed by atoms with Crippen LogP contribution in [0.5, 0.6) is 0 Å². The van der Waals surface area contributed by atoms with Crippen LogP contribution in [-0.4, -0.2) is 22.3 Å². The van der Waals surface area contributed by atoms with E-state index < -0.39 is 0 Å². The van der Waals surface area contributed by atoms with Gasteiger partial charge in [-0.05, 0) is 0 Å². The molecular formula is CKNTe. The molecule has 1 nitrogen and oxygen atoms in total. The normalized spacial score (nSPS) is 1.75. The summed E-state index contributed by atoms with van der Waals surface area (Å²) in [7, 11) is 0. The average Bonchev–Trinajstić information content (AvgIpc) is 0.918. The summed E-state index contributed by atoms with van der Waals surface area (Å²) >= 11 is 1.38. The van der Waals surface area contributed by atoms with E-state index in [-0.39, 0.29) is 51.4 Å². The van der Waals surface area contributed by atoms with Gasteiger partial charge in [0.05, 0.1) is 0 Å². The first kappa shape index (κ1) is 9.32. The average molecular weight is 193 g/mol. The third kappa shape index (κ3) is 9.07. The quantitative estimate of drug-likeness (QED) is 0.368. The Morgan fingerprint density at radius 3 is 1.75 bits per heavy atom. The van der Waals surface area contributed by atoms with Crippen LogP contribution in [0.1, 0.15) is 0 Å². The van der Waals surface area contributed by atoms with Crippen molar-refractivity contribution >= 4 is 22.3 Å². The zero-order chi connectivity index (χ0) is 2.71.